The fraction of sp³-hybridized carbons (Fsp3) is 0.174. The van der Waals surface area contributed by atoms with Crippen molar-refractivity contribution in [2.75, 3.05) is 6.54 Å². The fourth-order valence-corrected chi connectivity index (χ4v) is 2.88. The van der Waals surface area contributed by atoms with Crippen LogP contribution in [0.5, 0.6) is 0 Å². The SMILES string of the molecule is Cc1ccc(C(=O)CN(Cc2ccccc2)Cc2ccccc2)cc1. The molecule has 0 unspecified atom stereocenters. The van der Waals surface area contributed by atoms with Gasteiger partial charge >= 0.3 is 0 Å². The molecule has 3 rings (SSSR count). The van der Waals surface area contributed by atoms with Gasteiger partial charge < -0.3 is 0 Å². The Morgan fingerprint density at radius 3 is 1.68 bits per heavy atom. The van der Waals surface area contributed by atoms with E-state index in [1.807, 2.05) is 67.6 Å². The number of hydrogen-bond donors (Lipinski definition) is 0. The molecule has 2 heteroatoms. The first-order chi connectivity index (χ1) is 12.2. The summed E-state index contributed by atoms with van der Waals surface area (Å²) in [7, 11) is 0. The maximum atomic E-state index is 12.7. The average Bonchev–Trinajstić information content (AvgIpc) is 2.64. The summed E-state index contributed by atoms with van der Waals surface area (Å²) in [5, 5.41) is 0. The van der Waals surface area contributed by atoms with Crippen LogP contribution in [0.1, 0.15) is 27.0 Å². The zero-order valence-electron chi connectivity index (χ0n) is 14.6. The maximum absolute atomic E-state index is 12.7. The van der Waals surface area contributed by atoms with E-state index in [0.29, 0.717) is 6.54 Å². The third-order valence-electron chi connectivity index (χ3n) is 4.24. The molecule has 0 aliphatic rings. The van der Waals surface area contributed by atoms with Gasteiger partial charge in [0.05, 0.1) is 6.54 Å². The molecule has 0 radical (unpaired) electrons. The van der Waals surface area contributed by atoms with E-state index in [1.165, 1.54) is 16.7 Å². The molecule has 0 aromatic heterocycles. The summed E-state index contributed by atoms with van der Waals surface area (Å²) in [6.45, 7) is 3.96. The monoisotopic (exact) mass is 329 g/mol. The van der Waals surface area contributed by atoms with Gasteiger partial charge in [-0.2, -0.15) is 0 Å². The fourth-order valence-electron chi connectivity index (χ4n) is 2.88. The lowest BCUT2D eigenvalue weighted by Crippen LogP contribution is -2.29. The Morgan fingerprint density at radius 1 is 0.720 bits per heavy atom. The summed E-state index contributed by atoms with van der Waals surface area (Å²) in [5.41, 5.74) is 4.38. The zero-order valence-corrected chi connectivity index (χ0v) is 14.6. The number of Topliss-reactive ketones (excluding diaryl/α,β-unsaturated/α-hetero) is 1. The van der Waals surface area contributed by atoms with Crippen LogP contribution in [0.2, 0.25) is 0 Å². The van der Waals surface area contributed by atoms with Crippen molar-refractivity contribution in [1.29, 1.82) is 0 Å². The lowest BCUT2D eigenvalue weighted by molar-refractivity contribution is 0.0920. The van der Waals surface area contributed by atoms with Crippen molar-refractivity contribution in [2.24, 2.45) is 0 Å². The molecule has 25 heavy (non-hydrogen) atoms. The Labute approximate surface area is 149 Å². The number of aryl methyl sites for hydroxylation is 1. The van der Waals surface area contributed by atoms with Crippen molar-refractivity contribution in [3.63, 3.8) is 0 Å². The van der Waals surface area contributed by atoms with Gasteiger partial charge in [-0.15, -0.1) is 0 Å². The smallest absolute Gasteiger partial charge is 0.176 e. The second kappa shape index (κ2) is 8.41. The highest BCUT2D eigenvalue weighted by atomic mass is 16.1. The van der Waals surface area contributed by atoms with Crippen molar-refractivity contribution in [3.8, 4) is 0 Å². The van der Waals surface area contributed by atoms with Crippen LogP contribution in [0, 0.1) is 6.92 Å². The van der Waals surface area contributed by atoms with Crippen molar-refractivity contribution in [2.45, 2.75) is 20.0 Å². The molecule has 0 spiro atoms. The van der Waals surface area contributed by atoms with Gasteiger partial charge in [0, 0.05) is 18.7 Å². The summed E-state index contributed by atoms with van der Waals surface area (Å²) in [4.78, 5) is 14.9. The first-order valence-corrected chi connectivity index (χ1v) is 8.61. The van der Waals surface area contributed by atoms with Crippen molar-refractivity contribution in [1.82, 2.24) is 4.90 Å². The van der Waals surface area contributed by atoms with E-state index in [2.05, 4.69) is 29.2 Å². The van der Waals surface area contributed by atoms with Crippen molar-refractivity contribution >= 4 is 5.78 Å². The van der Waals surface area contributed by atoms with E-state index in [-0.39, 0.29) is 5.78 Å². The normalized spacial score (nSPS) is 10.8. The molecule has 126 valence electrons. The summed E-state index contributed by atoms with van der Waals surface area (Å²) in [6, 6.07) is 28.4. The topological polar surface area (TPSA) is 20.3 Å². The predicted molar refractivity (Wildman–Crippen MR) is 103 cm³/mol. The highest BCUT2D eigenvalue weighted by Crippen LogP contribution is 2.12. The minimum absolute atomic E-state index is 0.159. The Hall–Kier alpha value is -2.71. The molecule has 0 aliphatic heterocycles. The second-order valence-corrected chi connectivity index (χ2v) is 6.41. The van der Waals surface area contributed by atoms with Crippen LogP contribution in [-0.4, -0.2) is 17.2 Å². The first-order valence-electron chi connectivity index (χ1n) is 8.61. The van der Waals surface area contributed by atoms with E-state index in [9.17, 15) is 4.79 Å². The molecular weight excluding hydrogens is 306 g/mol. The van der Waals surface area contributed by atoms with Crippen LogP contribution < -0.4 is 0 Å². The van der Waals surface area contributed by atoms with Gasteiger partial charge in [0.15, 0.2) is 5.78 Å². The minimum atomic E-state index is 0.159. The van der Waals surface area contributed by atoms with Crippen molar-refractivity contribution in [3.05, 3.63) is 107 Å². The third kappa shape index (κ3) is 5.13. The summed E-state index contributed by atoms with van der Waals surface area (Å²) >= 11 is 0. The van der Waals surface area contributed by atoms with Gasteiger partial charge in [0.2, 0.25) is 0 Å². The Kier molecular flexibility index (Phi) is 5.76. The van der Waals surface area contributed by atoms with Crippen LogP contribution >= 0.6 is 0 Å². The first kappa shape index (κ1) is 17.1. The van der Waals surface area contributed by atoms with Crippen molar-refractivity contribution < 1.29 is 4.79 Å². The molecule has 0 saturated heterocycles. The van der Waals surface area contributed by atoms with E-state index >= 15 is 0 Å². The lowest BCUT2D eigenvalue weighted by atomic mass is 10.1. The van der Waals surface area contributed by atoms with E-state index in [1.54, 1.807) is 0 Å². The van der Waals surface area contributed by atoms with Gasteiger partial charge in [-0.25, -0.2) is 0 Å². The standard InChI is InChI=1S/C23H23NO/c1-19-12-14-22(15-13-19)23(25)18-24(16-20-8-4-2-5-9-20)17-21-10-6-3-7-11-21/h2-15H,16-18H2,1H3. The summed E-state index contributed by atoms with van der Waals surface area (Å²) in [5.74, 6) is 0.159. The molecule has 3 aromatic rings. The van der Waals surface area contributed by atoms with E-state index in [4.69, 9.17) is 0 Å². The number of hydrogen-bond acceptors (Lipinski definition) is 2. The Morgan fingerprint density at radius 2 is 1.20 bits per heavy atom. The summed E-state index contributed by atoms with van der Waals surface area (Å²) in [6.07, 6.45) is 0. The Balaban J connectivity index is 1.75. The van der Waals surface area contributed by atoms with Gasteiger partial charge in [-0.3, -0.25) is 9.69 Å². The van der Waals surface area contributed by atoms with E-state index < -0.39 is 0 Å². The van der Waals surface area contributed by atoms with Gasteiger partial charge in [0.25, 0.3) is 0 Å². The number of rotatable bonds is 7. The molecular formula is C23H23NO. The number of benzene rings is 3. The van der Waals surface area contributed by atoms with Crippen LogP contribution in [0.4, 0.5) is 0 Å². The third-order valence-corrected chi connectivity index (χ3v) is 4.24. The largest absolute Gasteiger partial charge is 0.293 e. The molecule has 0 heterocycles. The lowest BCUT2D eigenvalue weighted by Gasteiger charge is -2.22. The number of nitrogens with zero attached hydrogens (tertiary/aromatic N) is 1. The maximum Gasteiger partial charge on any atom is 0.176 e. The highest BCUT2D eigenvalue weighted by molar-refractivity contribution is 5.97. The van der Waals surface area contributed by atoms with Crippen LogP contribution in [0.3, 0.4) is 0 Å². The number of carbonyl (C=O) groups excluding carboxylic acids is 1. The van der Waals surface area contributed by atoms with Gasteiger partial charge in [-0.1, -0.05) is 90.5 Å². The molecule has 0 amide bonds. The van der Waals surface area contributed by atoms with Crippen LogP contribution in [0.25, 0.3) is 0 Å². The Bertz CT molecular complexity index is 753. The zero-order chi connectivity index (χ0) is 17.5. The molecule has 0 aliphatic carbocycles. The molecule has 2 nitrogen and oxygen atoms in total. The number of ketones is 1. The van der Waals surface area contributed by atoms with Gasteiger partial charge in [-0.05, 0) is 18.1 Å². The molecule has 0 bridgehead atoms. The molecule has 3 aromatic carbocycles. The minimum Gasteiger partial charge on any atom is -0.293 e. The quantitative estimate of drug-likeness (QED) is 0.576. The number of carbonyl (C=O) groups is 1. The molecule has 0 atom stereocenters. The van der Waals surface area contributed by atoms with Gasteiger partial charge in [0.1, 0.15) is 0 Å². The summed E-state index contributed by atoms with van der Waals surface area (Å²) < 4.78 is 0. The van der Waals surface area contributed by atoms with Crippen LogP contribution in [0.15, 0.2) is 84.9 Å². The average molecular weight is 329 g/mol. The predicted octanol–water partition coefficient (Wildman–Crippen LogP) is 4.88. The molecule has 0 saturated carbocycles. The molecule has 0 N–H and O–H groups in total. The second-order valence-electron chi connectivity index (χ2n) is 6.41. The highest BCUT2D eigenvalue weighted by Gasteiger charge is 2.13. The van der Waals surface area contributed by atoms with E-state index in [0.717, 1.165) is 18.7 Å². The van der Waals surface area contributed by atoms with Crippen LogP contribution in [-0.2, 0) is 13.1 Å². The molecule has 0 fully saturated rings.